The number of fused-ring (bicyclic) bond motifs is 1. The monoisotopic (exact) mass is 377 g/mol. The fourth-order valence-electron chi connectivity index (χ4n) is 3.37. The minimum absolute atomic E-state index is 0.156. The molecule has 1 aliphatic rings. The van der Waals surface area contributed by atoms with E-state index in [0.717, 1.165) is 12.2 Å². The van der Waals surface area contributed by atoms with Gasteiger partial charge in [-0.15, -0.1) is 0 Å². The third kappa shape index (κ3) is 3.76. The van der Waals surface area contributed by atoms with Crippen LogP contribution in [0, 0.1) is 5.92 Å². The van der Waals surface area contributed by atoms with E-state index in [1.54, 1.807) is 29.2 Å². The lowest BCUT2D eigenvalue weighted by Crippen LogP contribution is -2.30. The van der Waals surface area contributed by atoms with Crippen molar-refractivity contribution in [2.45, 2.75) is 32.7 Å². The number of amides is 1. The van der Waals surface area contributed by atoms with Gasteiger partial charge in [0, 0.05) is 18.5 Å². The maximum atomic E-state index is 12.6. The Morgan fingerprint density at radius 3 is 2.86 bits per heavy atom. The molecule has 0 bridgehead atoms. The molecule has 1 aromatic carbocycles. The Bertz CT molecular complexity index is 1100. The Morgan fingerprint density at radius 1 is 1.32 bits per heavy atom. The Morgan fingerprint density at radius 2 is 2.11 bits per heavy atom. The van der Waals surface area contributed by atoms with E-state index in [-0.39, 0.29) is 18.0 Å². The molecule has 1 aliphatic carbocycles. The van der Waals surface area contributed by atoms with Crippen molar-refractivity contribution in [3.8, 4) is 0 Å². The maximum Gasteiger partial charge on any atom is 0.258 e. The molecule has 2 unspecified atom stereocenters. The first-order chi connectivity index (χ1) is 13.5. The molecule has 0 aliphatic heterocycles. The highest BCUT2D eigenvalue weighted by Crippen LogP contribution is 2.47. The van der Waals surface area contributed by atoms with E-state index >= 15 is 0 Å². The number of carbonyl (C=O) groups excluding carboxylic acids is 1. The zero-order valence-corrected chi connectivity index (χ0v) is 16.0. The van der Waals surface area contributed by atoms with Gasteiger partial charge in [0.15, 0.2) is 0 Å². The van der Waals surface area contributed by atoms with Crippen LogP contribution in [0.1, 0.15) is 43.5 Å². The van der Waals surface area contributed by atoms with Gasteiger partial charge in [0.05, 0.1) is 17.4 Å². The van der Waals surface area contributed by atoms with Crippen LogP contribution in [-0.2, 0) is 11.3 Å². The Balaban J connectivity index is 1.47. The minimum Gasteiger partial charge on any atom is -0.461 e. The van der Waals surface area contributed by atoms with Gasteiger partial charge in [-0.1, -0.05) is 19.1 Å². The van der Waals surface area contributed by atoms with E-state index < -0.39 is 0 Å². The number of likely N-dealkylation sites (N-methyl/N-ethyl adjacent to an activating group) is 1. The third-order valence-electron chi connectivity index (χ3n) is 5.21. The molecule has 144 valence electrons. The van der Waals surface area contributed by atoms with Gasteiger partial charge in [0.1, 0.15) is 17.3 Å². The lowest BCUT2D eigenvalue weighted by molar-refractivity contribution is -0.126. The Hall–Kier alpha value is -3.15. The smallest absolute Gasteiger partial charge is 0.258 e. The van der Waals surface area contributed by atoms with Crippen molar-refractivity contribution in [1.29, 1.82) is 0 Å². The number of nitrogens with one attached hydrogen (secondary N) is 1. The summed E-state index contributed by atoms with van der Waals surface area (Å²) in [6.45, 7) is 4.84. The molecule has 4 rings (SSSR count). The van der Waals surface area contributed by atoms with Crippen LogP contribution < -0.4 is 5.56 Å². The van der Waals surface area contributed by atoms with E-state index in [1.807, 2.05) is 25.1 Å². The fraction of sp³-hybridized carbons (Fsp3) is 0.318. The van der Waals surface area contributed by atoms with Crippen LogP contribution in [0.4, 0.5) is 0 Å². The second-order valence-electron chi connectivity index (χ2n) is 7.28. The normalized spacial score (nSPS) is 18.6. The van der Waals surface area contributed by atoms with Gasteiger partial charge in [0.2, 0.25) is 5.91 Å². The molecule has 0 saturated heterocycles. The topological polar surface area (TPSA) is 79.2 Å². The highest BCUT2D eigenvalue weighted by atomic mass is 16.3. The van der Waals surface area contributed by atoms with Gasteiger partial charge < -0.3 is 14.3 Å². The van der Waals surface area contributed by atoms with Gasteiger partial charge >= 0.3 is 0 Å². The van der Waals surface area contributed by atoms with Crippen molar-refractivity contribution >= 4 is 22.9 Å². The first-order valence-corrected chi connectivity index (χ1v) is 9.60. The van der Waals surface area contributed by atoms with E-state index in [1.165, 1.54) is 6.08 Å². The van der Waals surface area contributed by atoms with Crippen LogP contribution in [0.2, 0.25) is 0 Å². The van der Waals surface area contributed by atoms with Crippen LogP contribution >= 0.6 is 0 Å². The van der Waals surface area contributed by atoms with Crippen LogP contribution in [-0.4, -0.2) is 27.3 Å². The maximum absolute atomic E-state index is 12.6. The number of para-hydroxylation sites is 1. The van der Waals surface area contributed by atoms with Crippen LogP contribution in [0.3, 0.4) is 0 Å². The molecule has 2 aromatic heterocycles. The summed E-state index contributed by atoms with van der Waals surface area (Å²) in [4.78, 5) is 33.7. The first kappa shape index (κ1) is 18.2. The molecule has 1 amide bonds. The molecule has 3 aromatic rings. The van der Waals surface area contributed by atoms with E-state index in [0.29, 0.717) is 40.9 Å². The largest absolute Gasteiger partial charge is 0.461 e. The summed E-state index contributed by atoms with van der Waals surface area (Å²) < 4.78 is 5.81. The average molecular weight is 377 g/mol. The van der Waals surface area contributed by atoms with Gasteiger partial charge in [-0.05, 0) is 49.6 Å². The highest BCUT2D eigenvalue weighted by molar-refractivity contribution is 5.91. The molecule has 0 spiro atoms. The SMILES string of the molecule is CCN(Cc1nc2ccccc2c(=O)[nH]1)C(=O)/C=C/c1ccc(C2CC2C)o1. The van der Waals surface area contributed by atoms with E-state index in [4.69, 9.17) is 4.42 Å². The molecular weight excluding hydrogens is 354 g/mol. The molecule has 2 atom stereocenters. The first-order valence-electron chi connectivity index (χ1n) is 9.60. The Kier molecular flexibility index (Phi) is 4.86. The van der Waals surface area contributed by atoms with Gasteiger partial charge in [-0.25, -0.2) is 4.98 Å². The number of furan rings is 1. The second-order valence-corrected chi connectivity index (χ2v) is 7.28. The van der Waals surface area contributed by atoms with Crippen LogP contribution in [0.5, 0.6) is 0 Å². The molecule has 28 heavy (non-hydrogen) atoms. The van der Waals surface area contributed by atoms with Crippen molar-refractivity contribution in [2.24, 2.45) is 5.92 Å². The minimum atomic E-state index is -0.197. The van der Waals surface area contributed by atoms with E-state index in [2.05, 4.69) is 16.9 Å². The molecule has 1 fully saturated rings. The molecule has 1 saturated carbocycles. The highest BCUT2D eigenvalue weighted by Gasteiger charge is 2.36. The van der Waals surface area contributed by atoms with Crippen molar-refractivity contribution in [2.75, 3.05) is 6.54 Å². The molecule has 0 radical (unpaired) electrons. The third-order valence-corrected chi connectivity index (χ3v) is 5.21. The second kappa shape index (κ2) is 7.46. The lowest BCUT2D eigenvalue weighted by Gasteiger charge is -2.18. The van der Waals surface area contributed by atoms with Crippen molar-refractivity contribution < 1.29 is 9.21 Å². The van der Waals surface area contributed by atoms with E-state index in [9.17, 15) is 9.59 Å². The number of aromatic nitrogens is 2. The molecule has 6 heteroatoms. The summed E-state index contributed by atoms with van der Waals surface area (Å²) in [7, 11) is 0. The molecule has 1 N–H and O–H groups in total. The quantitative estimate of drug-likeness (QED) is 0.664. The summed E-state index contributed by atoms with van der Waals surface area (Å²) in [5.41, 5.74) is 0.426. The van der Waals surface area contributed by atoms with Gasteiger partial charge in [0.25, 0.3) is 5.56 Å². The summed E-state index contributed by atoms with van der Waals surface area (Å²) >= 11 is 0. The van der Waals surface area contributed by atoms with Gasteiger partial charge in [-0.3, -0.25) is 9.59 Å². The predicted molar refractivity (Wildman–Crippen MR) is 108 cm³/mol. The van der Waals surface area contributed by atoms with Crippen LogP contribution in [0.25, 0.3) is 17.0 Å². The molecular formula is C22H23N3O3. The molecule has 6 nitrogen and oxygen atoms in total. The number of rotatable bonds is 6. The zero-order chi connectivity index (χ0) is 19.7. The number of nitrogens with zero attached hydrogens (tertiary/aromatic N) is 2. The number of aromatic amines is 1. The van der Waals surface area contributed by atoms with Crippen molar-refractivity contribution in [3.63, 3.8) is 0 Å². The van der Waals surface area contributed by atoms with Crippen molar-refractivity contribution in [3.05, 3.63) is 70.2 Å². The summed E-state index contributed by atoms with van der Waals surface area (Å²) in [6.07, 6.45) is 4.36. The number of benzene rings is 1. The average Bonchev–Trinajstić information content (AvgIpc) is 3.24. The van der Waals surface area contributed by atoms with Gasteiger partial charge in [-0.2, -0.15) is 0 Å². The number of hydrogen-bond donors (Lipinski definition) is 1. The number of H-pyrrole nitrogens is 1. The van der Waals surface area contributed by atoms with Crippen LogP contribution in [0.15, 0.2) is 51.7 Å². The summed E-state index contributed by atoms with van der Waals surface area (Å²) in [6, 6.07) is 11.0. The molecule has 2 heterocycles. The fourth-order valence-corrected chi connectivity index (χ4v) is 3.37. The predicted octanol–water partition coefficient (Wildman–Crippen LogP) is 3.70. The number of carbonyl (C=O) groups is 1. The number of hydrogen-bond acceptors (Lipinski definition) is 4. The summed E-state index contributed by atoms with van der Waals surface area (Å²) in [5, 5.41) is 0.541. The van der Waals surface area contributed by atoms with Crippen molar-refractivity contribution in [1.82, 2.24) is 14.9 Å². The lowest BCUT2D eigenvalue weighted by atomic mass is 10.2. The Labute approximate surface area is 162 Å². The zero-order valence-electron chi connectivity index (χ0n) is 16.0. The summed E-state index contributed by atoms with van der Waals surface area (Å²) in [5.74, 6) is 3.17. The standard InChI is InChI=1S/C22H23N3O3/c1-3-25(13-20-23-18-7-5-4-6-16(18)22(27)24-20)21(26)11-9-15-8-10-19(28-15)17-12-14(17)2/h4-11,14,17H,3,12-13H2,1-2H3,(H,23,24,27)/b11-9+.